The molecule has 0 amide bonds. The molecule has 0 radical (unpaired) electrons. The molecule has 0 aliphatic heterocycles. The van der Waals surface area contributed by atoms with Gasteiger partial charge in [-0.15, -0.1) is 0 Å². The Kier molecular flexibility index (Phi) is 4.03. The van der Waals surface area contributed by atoms with Gasteiger partial charge >= 0.3 is 0 Å². The maximum atomic E-state index is 11.7. The van der Waals surface area contributed by atoms with Gasteiger partial charge in [-0.2, -0.15) is 0 Å². The van der Waals surface area contributed by atoms with E-state index in [1.54, 1.807) is 6.92 Å². The van der Waals surface area contributed by atoms with Crippen LogP contribution in [0.1, 0.15) is 23.6 Å². The molecule has 3 aromatic rings. The molecular weight excluding hydrogens is 284 g/mol. The molecule has 0 aliphatic rings. The third-order valence-corrected chi connectivity index (χ3v) is 4.42. The second-order valence-corrected chi connectivity index (χ2v) is 5.88. The molecule has 0 fully saturated rings. The van der Waals surface area contributed by atoms with E-state index in [1.165, 1.54) is 0 Å². The predicted molar refractivity (Wildman–Crippen MR) is 91.9 cm³/mol. The van der Waals surface area contributed by atoms with E-state index in [0.717, 1.165) is 0 Å². The normalized spacial score (nSPS) is 14.2. The Morgan fingerprint density at radius 1 is 0.522 bits per heavy atom. The minimum Gasteiger partial charge on any atom is -0.382 e. The molecule has 3 aromatic carbocycles. The first kappa shape index (κ1) is 15.5. The van der Waals surface area contributed by atoms with E-state index in [-0.39, 0.29) is 0 Å². The molecule has 3 rings (SSSR count). The highest BCUT2D eigenvalue weighted by Crippen LogP contribution is 2.45. The maximum absolute atomic E-state index is 11.7. The van der Waals surface area contributed by atoms with Crippen LogP contribution in [0.25, 0.3) is 0 Å². The average Bonchev–Trinajstić information content (AvgIpc) is 2.63. The Morgan fingerprint density at radius 2 is 0.826 bits per heavy atom. The molecule has 0 spiro atoms. The number of rotatable bonds is 4. The predicted octanol–water partition coefficient (Wildman–Crippen LogP) is 3.83. The number of benzene rings is 3. The molecule has 0 unspecified atom stereocenters. The first-order chi connectivity index (χ1) is 11.1. The number of hydrogen-bond donors (Lipinski definition) is 2. The monoisotopic (exact) mass is 304 g/mol. The van der Waals surface area contributed by atoms with E-state index in [9.17, 15) is 10.2 Å². The van der Waals surface area contributed by atoms with Gasteiger partial charge in [0.05, 0.1) is 0 Å². The lowest BCUT2D eigenvalue weighted by Gasteiger charge is -2.42. The minimum absolute atomic E-state index is 0.653. The van der Waals surface area contributed by atoms with E-state index in [4.69, 9.17) is 0 Å². The van der Waals surface area contributed by atoms with Crippen LogP contribution in [-0.4, -0.2) is 10.2 Å². The zero-order valence-electron chi connectivity index (χ0n) is 13.1. The zero-order chi connectivity index (χ0) is 16.3. The SMILES string of the molecule is C[C@@](O)(c1ccccc1)C(O)(c1ccccc1)c1ccccc1. The fraction of sp³-hybridized carbons (Fsp3) is 0.143. The molecule has 2 nitrogen and oxygen atoms in total. The lowest BCUT2D eigenvalue weighted by atomic mass is 9.70. The van der Waals surface area contributed by atoms with Crippen molar-refractivity contribution < 1.29 is 10.2 Å². The molecule has 0 aliphatic carbocycles. The molecule has 0 aromatic heterocycles. The summed E-state index contributed by atoms with van der Waals surface area (Å²) in [5, 5.41) is 23.0. The molecular formula is C21H20O2. The van der Waals surface area contributed by atoms with Gasteiger partial charge in [-0.1, -0.05) is 91.0 Å². The van der Waals surface area contributed by atoms with Gasteiger partial charge < -0.3 is 10.2 Å². The third-order valence-electron chi connectivity index (χ3n) is 4.42. The molecule has 23 heavy (non-hydrogen) atoms. The summed E-state index contributed by atoms with van der Waals surface area (Å²) >= 11 is 0. The molecule has 1 atom stereocenters. The van der Waals surface area contributed by atoms with E-state index in [2.05, 4.69) is 0 Å². The molecule has 116 valence electrons. The van der Waals surface area contributed by atoms with Crippen LogP contribution in [0, 0.1) is 0 Å². The minimum atomic E-state index is -1.56. The van der Waals surface area contributed by atoms with Crippen LogP contribution >= 0.6 is 0 Å². The Hall–Kier alpha value is -2.42. The van der Waals surface area contributed by atoms with Crippen LogP contribution in [0.4, 0.5) is 0 Å². The van der Waals surface area contributed by atoms with Crippen molar-refractivity contribution in [3.63, 3.8) is 0 Å². The fourth-order valence-corrected chi connectivity index (χ4v) is 3.06. The van der Waals surface area contributed by atoms with Gasteiger partial charge in [0.25, 0.3) is 0 Å². The van der Waals surface area contributed by atoms with Crippen molar-refractivity contribution >= 4 is 0 Å². The summed E-state index contributed by atoms with van der Waals surface area (Å²) in [6, 6.07) is 27.9. The molecule has 2 N–H and O–H groups in total. The molecule has 0 heterocycles. The van der Waals surface area contributed by atoms with Crippen molar-refractivity contribution in [3.05, 3.63) is 108 Å². The smallest absolute Gasteiger partial charge is 0.147 e. The Balaban J connectivity index is 2.25. The topological polar surface area (TPSA) is 40.5 Å². The highest BCUT2D eigenvalue weighted by atomic mass is 16.4. The van der Waals surface area contributed by atoms with E-state index in [0.29, 0.717) is 16.7 Å². The molecule has 2 heteroatoms. The van der Waals surface area contributed by atoms with Crippen molar-refractivity contribution in [2.45, 2.75) is 18.1 Å². The van der Waals surface area contributed by atoms with Crippen LogP contribution in [-0.2, 0) is 11.2 Å². The largest absolute Gasteiger partial charge is 0.382 e. The van der Waals surface area contributed by atoms with Crippen LogP contribution in [0.3, 0.4) is 0 Å². The summed E-state index contributed by atoms with van der Waals surface area (Å²) < 4.78 is 0. The second kappa shape index (κ2) is 5.99. The van der Waals surface area contributed by atoms with Gasteiger partial charge in [0.15, 0.2) is 0 Å². The third kappa shape index (κ3) is 2.56. The van der Waals surface area contributed by atoms with Crippen LogP contribution < -0.4 is 0 Å². The van der Waals surface area contributed by atoms with Crippen molar-refractivity contribution in [2.75, 3.05) is 0 Å². The molecule has 0 saturated carbocycles. The average molecular weight is 304 g/mol. The van der Waals surface area contributed by atoms with Crippen molar-refractivity contribution in [2.24, 2.45) is 0 Å². The highest BCUT2D eigenvalue weighted by Gasteiger charge is 2.49. The van der Waals surface area contributed by atoms with Gasteiger partial charge in [-0.25, -0.2) is 0 Å². The molecule has 0 saturated heterocycles. The zero-order valence-corrected chi connectivity index (χ0v) is 13.1. The first-order valence-corrected chi connectivity index (χ1v) is 7.68. The van der Waals surface area contributed by atoms with Gasteiger partial charge in [-0.3, -0.25) is 0 Å². The lowest BCUT2D eigenvalue weighted by Crippen LogP contribution is -2.48. The van der Waals surface area contributed by atoms with Crippen molar-refractivity contribution in [1.82, 2.24) is 0 Å². The summed E-state index contributed by atoms with van der Waals surface area (Å²) in [6.45, 7) is 1.66. The highest BCUT2D eigenvalue weighted by molar-refractivity contribution is 5.43. The lowest BCUT2D eigenvalue weighted by molar-refractivity contribution is -0.128. The number of aliphatic hydroxyl groups is 2. The van der Waals surface area contributed by atoms with Crippen molar-refractivity contribution in [1.29, 1.82) is 0 Å². The first-order valence-electron chi connectivity index (χ1n) is 7.68. The van der Waals surface area contributed by atoms with Crippen molar-refractivity contribution in [3.8, 4) is 0 Å². The Bertz CT molecular complexity index is 710. The van der Waals surface area contributed by atoms with E-state index >= 15 is 0 Å². The van der Waals surface area contributed by atoms with Gasteiger partial charge in [0, 0.05) is 0 Å². The van der Waals surface area contributed by atoms with E-state index < -0.39 is 11.2 Å². The summed E-state index contributed by atoms with van der Waals surface area (Å²) in [5.41, 5.74) is -1.08. The van der Waals surface area contributed by atoms with E-state index in [1.807, 2.05) is 91.0 Å². The quantitative estimate of drug-likeness (QED) is 0.769. The van der Waals surface area contributed by atoms with Gasteiger partial charge in [-0.05, 0) is 23.6 Å². The van der Waals surface area contributed by atoms with Crippen LogP contribution in [0.15, 0.2) is 91.0 Å². The summed E-state index contributed by atoms with van der Waals surface area (Å²) in [6.07, 6.45) is 0. The van der Waals surface area contributed by atoms with Crippen LogP contribution in [0.5, 0.6) is 0 Å². The fourth-order valence-electron chi connectivity index (χ4n) is 3.06. The number of hydrogen-bond acceptors (Lipinski definition) is 2. The summed E-state index contributed by atoms with van der Waals surface area (Å²) in [4.78, 5) is 0. The molecule has 0 bridgehead atoms. The Morgan fingerprint density at radius 3 is 1.17 bits per heavy atom. The summed E-state index contributed by atoms with van der Waals surface area (Å²) in [7, 11) is 0. The van der Waals surface area contributed by atoms with Gasteiger partial charge in [0.2, 0.25) is 0 Å². The Labute approximate surface area is 136 Å². The second-order valence-electron chi connectivity index (χ2n) is 5.88. The maximum Gasteiger partial charge on any atom is 0.147 e. The summed E-state index contributed by atoms with van der Waals surface area (Å²) in [5.74, 6) is 0. The van der Waals surface area contributed by atoms with Crippen LogP contribution in [0.2, 0.25) is 0 Å². The van der Waals surface area contributed by atoms with Gasteiger partial charge in [0.1, 0.15) is 11.2 Å². The standard InChI is InChI=1S/C21H20O2/c1-20(22,17-11-5-2-6-12-17)21(23,18-13-7-3-8-14-18)19-15-9-4-10-16-19/h2-16,22-23H,1H3/t20-/m1/s1.